The number of ether oxygens (including phenoxy) is 2. The Balaban J connectivity index is 1.34. The van der Waals surface area contributed by atoms with E-state index in [-0.39, 0.29) is 35.5 Å². The summed E-state index contributed by atoms with van der Waals surface area (Å²) in [5.41, 5.74) is 1.64. The third-order valence-corrected chi connectivity index (χ3v) is 7.19. The Morgan fingerprint density at radius 3 is 2.15 bits per heavy atom. The lowest BCUT2D eigenvalue weighted by Crippen LogP contribution is -2.31. The van der Waals surface area contributed by atoms with Gasteiger partial charge in [0.1, 0.15) is 16.9 Å². The summed E-state index contributed by atoms with van der Waals surface area (Å²) in [5.74, 6) is -0.721. The van der Waals surface area contributed by atoms with Crippen LogP contribution in [0.15, 0.2) is 88.2 Å². The minimum atomic E-state index is -3.75. The summed E-state index contributed by atoms with van der Waals surface area (Å²) in [6.45, 7) is 7.25. The first-order valence-electron chi connectivity index (χ1n) is 12.5. The third-order valence-electron chi connectivity index (χ3n) is 5.75. The maximum atomic E-state index is 12.7. The average molecular weight is 550 g/mol. The van der Waals surface area contributed by atoms with Gasteiger partial charge in [-0.15, -0.1) is 0 Å². The topological polar surface area (TPSA) is 112 Å². The summed E-state index contributed by atoms with van der Waals surface area (Å²) in [5, 5.41) is 0.816. The standard InChI is InChI=1S/C30H31NO7S/c1-20(17-28(32)38-30(2,3)4)19-31-39(34,35)25-15-11-22(12-16-25)21-9-13-24(14-10-21)36-29(33)27-18-23-7-5-6-8-26(23)37-27/h5-16,18,20,31H,17,19H2,1-4H3. The van der Waals surface area contributed by atoms with E-state index in [0.717, 1.165) is 16.5 Å². The molecular formula is C30H31NO7S. The van der Waals surface area contributed by atoms with E-state index >= 15 is 0 Å². The zero-order valence-corrected chi connectivity index (χ0v) is 23.1. The number of fused-ring (bicyclic) bond motifs is 1. The predicted octanol–water partition coefficient (Wildman–Crippen LogP) is 5.97. The Hall–Kier alpha value is -3.95. The van der Waals surface area contributed by atoms with Crippen molar-refractivity contribution in [1.82, 2.24) is 4.72 Å². The van der Waals surface area contributed by atoms with Crippen molar-refractivity contribution < 1.29 is 31.9 Å². The van der Waals surface area contributed by atoms with Crippen LogP contribution in [0.5, 0.6) is 5.75 Å². The Kier molecular flexibility index (Phi) is 8.22. The molecule has 0 fully saturated rings. The lowest BCUT2D eigenvalue weighted by molar-refractivity contribution is -0.155. The molecule has 1 aromatic heterocycles. The summed E-state index contributed by atoms with van der Waals surface area (Å²) in [4.78, 5) is 24.6. The largest absolute Gasteiger partial charge is 0.460 e. The van der Waals surface area contributed by atoms with Crippen LogP contribution in [-0.2, 0) is 19.6 Å². The lowest BCUT2D eigenvalue weighted by atomic mass is 10.1. The number of carbonyl (C=O) groups is 2. The summed E-state index contributed by atoms with van der Waals surface area (Å²) < 4.78 is 44.3. The highest BCUT2D eigenvalue weighted by Crippen LogP contribution is 2.25. The summed E-state index contributed by atoms with van der Waals surface area (Å²) >= 11 is 0. The van der Waals surface area contributed by atoms with Crippen LogP contribution >= 0.6 is 0 Å². The van der Waals surface area contributed by atoms with Crippen LogP contribution in [0.4, 0.5) is 0 Å². The van der Waals surface area contributed by atoms with Crippen LogP contribution in [0.3, 0.4) is 0 Å². The number of esters is 2. The number of para-hydroxylation sites is 1. The van der Waals surface area contributed by atoms with Gasteiger partial charge in [-0.05, 0) is 74.2 Å². The number of hydrogen-bond donors (Lipinski definition) is 1. The molecule has 204 valence electrons. The van der Waals surface area contributed by atoms with Gasteiger partial charge < -0.3 is 13.9 Å². The number of carbonyl (C=O) groups excluding carboxylic acids is 2. The van der Waals surface area contributed by atoms with Crippen LogP contribution in [-0.4, -0.2) is 32.5 Å². The molecule has 0 aliphatic rings. The van der Waals surface area contributed by atoms with Crippen molar-refractivity contribution in [2.75, 3.05) is 6.54 Å². The van der Waals surface area contributed by atoms with Gasteiger partial charge in [-0.3, -0.25) is 4.79 Å². The Labute approximate surface area is 228 Å². The molecule has 0 bridgehead atoms. The van der Waals surface area contributed by atoms with E-state index in [2.05, 4.69) is 4.72 Å². The van der Waals surface area contributed by atoms with Gasteiger partial charge in [-0.1, -0.05) is 49.4 Å². The van der Waals surface area contributed by atoms with E-state index in [1.54, 1.807) is 76.2 Å². The average Bonchev–Trinajstić information content (AvgIpc) is 3.32. The van der Waals surface area contributed by atoms with E-state index in [1.165, 1.54) is 12.1 Å². The van der Waals surface area contributed by atoms with Crippen molar-refractivity contribution in [2.45, 2.75) is 44.6 Å². The molecule has 1 atom stereocenters. The molecule has 0 aliphatic carbocycles. The highest BCUT2D eigenvalue weighted by atomic mass is 32.2. The van der Waals surface area contributed by atoms with E-state index < -0.39 is 21.6 Å². The molecule has 9 heteroatoms. The maximum absolute atomic E-state index is 12.7. The van der Waals surface area contributed by atoms with Gasteiger partial charge in [-0.2, -0.15) is 0 Å². The highest BCUT2D eigenvalue weighted by Gasteiger charge is 2.21. The molecule has 0 radical (unpaired) electrons. The molecule has 4 rings (SSSR count). The molecule has 0 aliphatic heterocycles. The molecule has 8 nitrogen and oxygen atoms in total. The van der Waals surface area contributed by atoms with Gasteiger partial charge in [0.05, 0.1) is 4.90 Å². The number of benzene rings is 3. The SMILES string of the molecule is CC(CNS(=O)(=O)c1ccc(-c2ccc(OC(=O)c3cc4ccccc4o3)cc2)cc1)CC(=O)OC(C)(C)C. The zero-order chi connectivity index (χ0) is 28.2. The highest BCUT2D eigenvalue weighted by molar-refractivity contribution is 7.89. The maximum Gasteiger partial charge on any atom is 0.379 e. The fourth-order valence-electron chi connectivity index (χ4n) is 3.86. The first-order valence-corrected chi connectivity index (χ1v) is 14.0. The quantitative estimate of drug-likeness (QED) is 0.202. The number of sulfonamides is 1. The fourth-order valence-corrected chi connectivity index (χ4v) is 5.02. The predicted molar refractivity (Wildman–Crippen MR) is 148 cm³/mol. The second kappa shape index (κ2) is 11.4. The van der Waals surface area contributed by atoms with Crippen LogP contribution in [0.1, 0.15) is 44.7 Å². The molecule has 0 amide bonds. The van der Waals surface area contributed by atoms with E-state index in [4.69, 9.17) is 13.9 Å². The molecule has 39 heavy (non-hydrogen) atoms. The van der Waals surface area contributed by atoms with Gasteiger partial charge >= 0.3 is 11.9 Å². The summed E-state index contributed by atoms with van der Waals surface area (Å²) in [6.07, 6.45) is 0.113. The third kappa shape index (κ3) is 7.55. The molecule has 4 aromatic rings. The second-order valence-corrected chi connectivity index (χ2v) is 12.1. The number of furan rings is 1. The minimum Gasteiger partial charge on any atom is -0.460 e. The van der Waals surface area contributed by atoms with Crippen LogP contribution < -0.4 is 9.46 Å². The first-order chi connectivity index (χ1) is 18.4. The molecule has 1 heterocycles. The molecule has 0 spiro atoms. The van der Waals surface area contributed by atoms with Crippen molar-refractivity contribution in [2.24, 2.45) is 5.92 Å². The molecule has 1 unspecified atom stereocenters. The van der Waals surface area contributed by atoms with Gasteiger partial charge in [0.25, 0.3) is 0 Å². The Bertz CT molecular complexity index is 1530. The minimum absolute atomic E-state index is 0.109. The van der Waals surface area contributed by atoms with Crippen LogP contribution in [0, 0.1) is 5.92 Å². The molecule has 3 aromatic carbocycles. The number of nitrogens with one attached hydrogen (secondary N) is 1. The molecule has 0 saturated carbocycles. The van der Waals surface area contributed by atoms with Crippen molar-refractivity contribution in [3.8, 4) is 16.9 Å². The number of rotatable bonds is 9. The van der Waals surface area contributed by atoms with Gasteiger partial charge in [-0.25, -0.2) is 17.9 Å². The zero-order valence-electron chi connectivity index (χ0n) is 22.3. The van der Waals surface area contributed by atoms with E-state index in [9.17, 15) is 18.0 Å². The van der Waals surface area contributed by atoms with E-state index in [1.807, 2.05) is 18.2 Å². The Morgan fingerprint density at radius 2 is 1.54 bits per heavy atom. The lowest BCUT2D eigenvalue weighted by Gasteiger charge is -2.21. The van der Waals surface area contributed by atoms with Crippen molar-refractivity contribution >= 4 is 32.9 Å². The molecular weight excluding hydrogens is 518 g/mol. The first kappa shape index (κ1) is 28.1. The van der Waals surface area contributed by atoms with Crippen molar-refractivity contribution in [1.29, 1.82) is 0 Å². The van der Waals surface area contributed by atoms with Crippen LogP contribution in [0.2, 0.25) is 0 Å². The number of hydrogen-bond acceptors (Lipinski definition) is 7. The second-order valence-electron chi connectivity index (χ2n) is 10.3. The van der Waals surface area contributed by atoms with Gasteiger partial charge in [0.2, 0.25) is 15.8 Å². The molecule has 0 saturated heterocycles. The smallest absolute Gasteiger partial charge is 0.379 e. The van der Waals surface area contributed by atoms with Gasteiger partial charge in [0.15, 0.2) is 0 Å². The normalized spacial score (nSPS) is 12.7. The van der Waals surface area contributed by atoms with Crippen molar-refractivity contribution in [3.63, 3.8) is 0 Å². The van der Waals surface area contributed by atoms with Gasteiger partial charge in [0, 0.05) is 18.4 Å². The van der Waals surface area contributed by atoms with E-state index in [0.29, 0.717) is 11.3 Å². The Morgan fingerprint density at radius 1 is 0.923 bits per heavy atom. The summed E-state index contributed by atoms with van der Waals surface area (Å²) in [7, 11) is -3.75. The van der Waals surface area contributed by atoms with Crippen molar-refractivity contribution in [3.05, 3.63) is 84.6 Å². The monoisotopic (exact) mass is 549 g/mol. The molecule has 1 N–H and O–H groups in total. The fraction of sp³-hybridized carbons (Fsp3) is 0.267. The summed E-state index contributed by atoms with van der Waals surface area (Å²) in [6, 6.07) is 22.3. The van der Waals surface area contributed by atoms with Crippen LogP contribution in [0.25, 0.3) is 22.1 Å².